The van der Waals surface area contributed by atoms with Gasteiger partial charge in [0.05, 0.1) is 23.8 Å². The van der Waals surface area contributed by atoms with Crippen LogP contribution in [0.2, 0.25) is 5.02 Å². The van der Waals surface area contributed by atoms with E-state index in [4.69, 9.17) is 16.3 Å². The van der Waals surface area contributed by atoms with Gasteiger partial charge in [-0.2, -0.15) is 0 Å². The summed E-state index contributed by atoms with van der Waals surface area (Å²) in [5.41, 5.74) is 1.68. The maximum atomic E-state index is 13.2. The normalized spacial score (nSPS) is 17.1. The van der Waals surface area contributed by atoms with Crippen molar-refractivity contribution in [1.82, 2.24) is 0 Å². The van der Waals surface area contributed by atoms with Gasteiger partial charge in [0.25, 0.3) is 11.7 Å². The number of halogens is 2. The third kappa shape index (κ3) is 4.49. The molecule has 0 aliphatic carbocycles. The average molecular weight is 541 g/mol. The van der Waals surface area contributed by atoms with E-state index in [1.807, 2.05) is 0 Å². The Morgan fingerprint density at radius 2 is 1.56 bits per heavy atom. The third-order valence-electron chi connectivity index (χ3n) is 5.40. The maximum Gasteiger partial charge on any atom is 0.338 e. The van der Waals surface area contributed by atoms with Crippen LogP contribution in [0, 0.1) is 0 Å². The van der Waals surface area contributed by atoms with Gasteiger partial charge in [0, 0.05) is 20.7 Å². The van der Waals surface area contributed by atoms with Crippen molar-refractivity contribution in [2.45, 2.75) is 13.0 Å². The second-order valence-electron chi connectivity index (χ2n) is 7.49. The lowest BCUT2D eigenvalue weighted by molar-refractivity contribution is -0.132. The van der Waals surface area contributed by atoms with Crippen LogP contribution in [0.3, 0.4) is 0 Å². The second-order valence-corrected chi connectivity index (χ2v) is 8.85. The molecule has 1 atom stereocenters. The number of esters is 1. The maximum absolute atomic E-state index is 13.2. The first-order chi connectivity index (χ1) is 16.3. The molecule has 3 aromatic carbocycles. The Morgan fingerprint density at radius 3 is 2.15 bits per heavy atom. The summed E-state index contributed by atoms with van der Waals surface area (Å²) in [4.78, 5) is 39.7. The fourth-order valence-electron chi connectivity index (χ4n) is 3.80. The van der Waals surface area contributed by atoms with Gasteiger partial charge < -0.3 is 9.84 Å². The highest BCUT2D eigenvalue weighted by atomic mass is 79.9. The molecule has 0 spiro atoms. The minimum absolute atomic E-state index is 0.0379. The van der Waals surface area contributed by atoms with E-state index < -0.39 is 23.7 Å². The number of aliphatic hydroxyl groups excluding tert-OH is 1. The highest BCUT2D eigenvalue weighted by Crippen LogP contribution is 2.42. The number of hydrogen-bond donors (Lipinski definition) is 1. The number of carbonyl (C=O) groups excluding carboxylic acids is 3. The van der Waals surface area contributed by atoms with Crippen LogP contribution in [-0.4, -0.2) is 29.4 Å². The van der Waals surface area contributed by atoms with E-state index in [0.29, 0.717) is 27.4 Å². The number of Topliss-reactive ketones (excluding diaryl/α,β-unsaturated/α-hetero) is 1. The molecule has 0 saturated carbocycles. The Labute approximate surface area is 209 Å². The molecule has 34 heavy (non-hydrogen) atoms. The fourth-order valence-corrected chi connectivity index (χ4v) is 4.19. The summed E-state index contributed by atoms with van der Waals surface area (Å²) in [5, 5.41) is 11.6. The zero-order valence-corrected chi connectivity index (χ0v) is 20.3. The number of amides is 1. The number of hydrogen-bond acceptors (Lipinski definition) is 5. The molecule has 6 nitrogen and oxygen atoms in total. The minimum atomic E-state index is -0.878. The first-order valence-electron chi connectivity index (χ1n) is 10.4. The zero-order valence-electron chi connectivity index (χ0n) is 18.0. The summed E-state index contributed by atoms with van der Waals surface area (Å²) in [6.45, 7) is 1.95. The first-order valence-corrected chi connectivity index (χ1v) is 11.6. The molecule has 0 radical (unpaired) electrons. The molecule has 8 heteroatoms. The van der Waals surface area contributed by atoms with Crippen LogP contribution in [-0.2, 0) is 14.3 Å². The molecule has 0 aromatic heterocycles. The number of aliphatic hydroxyl groups is 1. The lowest BCUT2D eigenvalue weighted by Gasteiger charge is -2.25. The van der Waals surface area contributed by atoms with Gasteiger partial charge in [0.2, 0.25) is 0 Å². The highest BCUT2D eigenvalue weighted by Gasteiger charge is 2.47. The Kier molecular flexibility index (Phi) is 6.86. The quantitative estimate of drug-likeness (QED) is 0.188. The molecule has 0 bridgehead atoms. The zero-order chi connectivity index (χ0) is 24.4. The SMILES string of the molecule is CCOC(=O)c1ccc(N2C(=O)C(=O)/C(=C(/O)c3ccc(Cl)cc3)C2c2ccc(Br)cc2)cc1. The van der Waals surface area contributed by atoms with Gasteiger partial charge in [-0.05, 0) is 73.2 Å². The van der Waals surface area contributed by atoms with Crippen molar-refractivity contribution in [3.8, 4) is 0 Å². The van der Waals surface area contributed by atoms with E-state index in [-0.39, 0.29) is 17.9 Å². The van der Waals surface area contributed by atoms with Crippen molar-refractivity contribution in [2.24, 2.45) is 0 Å². The molecule has 1 N–H and O–H groups in total. The minimum Gasteiger partial charge on any atom is -0.507 e. The van der Waals surface area contributed by atoms with E-state index >= 15 is 0 Å². The van der Waals surface area contributed by atoms with Crippen molar-refractivity contribution in [3.05, 3.63) is 105 Å². The number of ether oxygens (including phenoxy) is 1. The molecule has 1 saturated heterocycles. The largest absolute Gasteiger partial charge is 0.507 e. The smallest absolute Gasteiger partial charge is 0.338 e. The molecular weight excluding hydrogens is 522 g/mol. The molecule has 3 aromatic rings. The first kappa shape index (κ1) is 23.7. The summed E-state index contributed by atoms with van der Waals surface area (Å²) < 4.78 is 5.83. The highest BCUT2D eigenvalue weighted by molar-refractivity contribution is 9.10. The van der Waals surface area contributed by atoms with E-state index in [1.54, 1.807) is 67.6 Å². The molecule has 1 fully saturated rings. The standard InChI is InChI=1S/C26H19BrClNO5/c1-2-34-26(33)17-7-13-20(14-8-17)29-22(15-3-9-18(27)10-4-15)21(24(31)25(29)32)23(30)16-5-11-19(28)12-6-16/h3-14,22,30H,2H2,1H3/b23-21+. The summed E-state index contributed by atoms with van der Waals surface area (Å²) in [6, 6.07) is 18.8. The van der Waals surface area contributed by atoms with Crippen molar-refractivity contribution in [2.75, 3.05) is 11.5 Å². The van der Waals surface area contributed by atoms with Crippen LogP contribution in [0.25, 0.3) is 5.76 Å². The summed E-state index contributed by atoms with van der Waals surface area (Å²) in [7, 11) is 0. The van der Waals surface area contributed by atoms with Crippen LogP contribution in [0.15, 0.2) is 82.8 Å². The molecule has 4 rings (SSSR count). The lowest BCUT2D eigenvalue weighted by Crippen LogP contribution is -2.29. The van der Waals surface area contributed by atoms with Gasteiger partial charge in [-0.3, -0.25) is 14.5 Å². The monoisotopic (exact) mass is 539 g/mol. The van der Waals surface area contributed by atoms with Gasteiger partial charge in [-0.15, -0.1) is 0 Å². The fraction of sp³-hybridized carbons (Fsp3) is 0.115. The lowest BCUT2D eigenvalue weighted by atomic mass is 9.95. The molecule has 1 unspecified atom stereocenters. The van der Waals surface area contributed by atoms with Crippen LogP contribution in [0.4, 0.5) is 5.69 Å². The molecule has 1 aliphatic heterocycles. The van der Waals surface area contributed by atoms with E-state index in [1.165, 1.54) is 17.0 Å². The van der Waals surface area contributed by atoms with Gasteiger partial charge in [0.15, 0.2) is 0 Å². The summed E-state index contributed by atoms with van der Waals surface area (Å²) in [6.07, 6.45) is 0. The molecule has 1 heterocycles. The second kappa shape index (κ2) is 9.83. The van der Waals surface area contributed by atoms with Crippen molar-refractivity contribution < 1.29 is 24.2 Å². The molecular formula is C26H19BrClNO5. The molecule has 1 amide bonds. The summed E-state index contributed by atoms with van der Waals surface area (Å²) in [5.74, 6) is -2.38. The van der Waals surface area contributed by atoms with E-state index in [9.17, 15) is 19.5 Å². The number of rotatable bonds is 5. The third-order valence-corrected chi connectivity index (χ3v) is 6.19. The number of anilines is 1. The number of benzene rings is 3. The number of ketones is 1. The molecule has 172 valence electrons. The Balaban J connectivity index is 1.85. The van der Waals surface area contributed by atoms with E-state index in [2.05, 4.69) is 15.9 Å². The van der Waals surface area contributed by atoms with Crippen molar-refractivity contribution in [1.29, 1.82) is 0 Å². The van der Waals surface area contributed by atoms with Gasteiger partial charge in [-0.1, -0.05) is 39.7 Å². The Bertz CT molecular complexity index is 1280. The van der Waals surface area contributed by atoms with E-state index in [0.717, 1.165) is 4.47 Å². The number of nitrogens with zero attached hydrogens (tertiary/aromatic N) is 1. The van der Waals surface area contributed by atoms with Crippen LogP contribution in [0.1, 0.15) is 34.5 Å². The van der Waals surface area contributed by atoms with Gasteiger partial charge >= 0.3 is 5.97 Å². The number of carbonyl (C=O) groups is 3. The summed E-state index contributed by atoms with van der Waals surface area (Å²) >= 11 is 9.36. The Hall–Kier alpha value is -3.42. The van der Waals surface area contributed by atoms with Crippen molar-refractivity contribution in [3.63, 3.8) is 0 Å². The average Bonchev–Trinajstić information content (AvgIpc) is 3.10. The molecule has 1 aliphatic rings. The van der Waals surface area contributed by atoms with Crippen LogP contribution < -0.4 is 4.90 Å². The Morgan fingerprint density at radius 1 is 0.971 bits per heavy atom. The predicted molar refractivity (Wildman–Crippen MR) is 133 cm³/mol. The van der Waals surface area contributed by atoms with Crippen LogP contribution >= 0.6 is 27.5 Å². The topological polar surface area (TPSA) is 83.9 Å². The van der Waals surface area contributed by atoms with Gasteiger partial charge in [0.1, 0.15) is 5.76 Å². The predicted octanol–water partition coefficient (Wildman–Crippen LogP) is 5.91. The van der Waals surface area contributed by atoms with Crippen molar-refractivity contribution >= 4 is 56.6 Å². The van der Waals surface area contributed by atoms with Crippen LogP contribution in [0.5, 0.6) is 0 Å². The van der Waals surface area contributed by atoms with Gasteiger partial charge in [-0.25, -0.2) is 4.79 Å².